The van der Waals surface area contributed by atoms with Crippen LogP contribution in [0, 0.1) is 5.92 Å². The fourth-order valence-electron chi connectivity index (χ4n) is 1.86. The number of rotatable bonds is 4. The van der Waals surface area contributed by atoms with Crippen LogP contribution in [-0.2, 0) is 0 Å². The lowest BCUT2D eigenvalue weighted by Crippen LogP contribution is -2.32. The SMILES string of the molecule is NC1C=CC=CC1CNc1ccccc1C=O. The molecule has 1 aliphatic rings. The van der Waals surface area contributed by atoms with Crippen molar-refractivity contribution in [3.8, 4) is 0 Å². The Balaban J connectivity index is 2.00. The molecule has 1 aromatic rings. The van der Waals surface area contributed by atoms with Gasteiger partial charge in [0.1, 0.15) is 0 Å². The summed E-state index contributed by atoms with van der Waals surface area (Å²) in [5, 5.41) is 3.27. The molecule has 3 heteroatoms. The fourth-order valence-corrected chi connectivity index (χ4v) is 1.86. The molecule has 88 valence electrons. The molecule has 2 rings (SSSR count). The molecule has 0 bridgehead atoms. The normalized spacial score (nSPS) is 22.4. The van der Waals surface area contributed by atoms with Gasteiger partial charge in [-0.3, -0.25) is 4.79 Å². The van der Waals surface area contributed by atoms with Crippen molar-refractivity contribution in [1.29, 1.82) is 0 Å². The van der Waals surface area contributed by atoms with E-state index in [2.05, 4.69) is 11.4 Å². The first kappa shape index (κ1) is 11.6. The summed E-state index contributed by atoms with van der Waals surface area (Å²) in [6.45, 7) is 0.729. The number of anilines is 1. The predicted molar refractivity (Wildman–Crippen MR) is 70.1 cm³/mol. The minimum absolute atomic E-state index is 0.0379. The smallest absolute Gasteiger partial charge is 0.152 e. The highest BCUT2D eigenvalue weighted by Gasteiger charge is 2.14. The number of nitrogens with one attached hydrogen (secondary N) is 1. The highest BCUT2D eigenvalue weighted by molar-refractivity contribution is 5.83. The molecule has 0 heterocycles. The van der Waals surface area contributed by atoms with Gasteiger partial charge in [0.05, 0.1) is 0 Å². The first-order valence-electron chi connectivity index (χ1n) is 5.70. The van der Waals surface area contributed by atoms with E-state index >= 15 is 0 Å². The number of aldehydes is 1. The standard InChI is InChI=1S/C14H16N2O/c15-13-7-3-1-5-11(13)9-16-14-8-4-2-6-12(14)10-17/h1-8,10-11,13,16H,9,15H2. The van der Waals surface area contributed by atoms with Crippen molar-refractivity contribution in [3.05, 3.63) is 54.1 Å². The van der Waals surface area contributed by atoms with Crippen molar-refractivity contribution in [1.82, 2.24) is 0 Å². The van der Waals surface area contributed by atoms with Gasteiger partial charge in [0, 0.05) is 29.8 Å². The Morgan fingerprint density at radius 1 is 1.24 bits per heavy atom. The molecule has 0 spiro atoms. The quantitative estimate of drug-likeness (QED) is 0.775. The zero-order valence-electron chi connectivity index (χ0n) is 9.54. The van der Waals surface area contributed by atoms with Gasteiger partial charge in [0.25, 0.3) is 0 Å². The zero-order chi connectivity index (χ0) is 12.1. The second-order valence-corrected chi connectivity index (χ2v) is 4.10. The van der Waals surface area contributed by atoms with Crippen LogP contribution in [0.1, 0.15) is 10.4 Å². The molecule has 0 aliphatic heterocycles. The van der Waals surface area contributed by atoms with Gasteiger partial charge < -0.3 is 11.1 Å². The third kappa shape index (κ3) is 2.82. The van der Waals surface area contributed by atoms with E-state index in [0.717, 1.165) is 18.5 Å². The summed E-state index contributed by atoms with van der Waals surface area (Å²) in [5.41, 5.74) is 7.50. The summed E-state index contributed by atoms with van der Waals surface area (Å²) < 4.78 is 0. The second kappa shape index (κ2) is 5.46. The number of nitrogens with two attached hydrogens (primary N) is 1. The molecule has 0 fully saturated rings. The highest BCUT2D eigenvalue weighted by atomic mass is 16.1. The summed E-state index contributed by atoms with van der Waals surface area (Å²) in [6.07, 6.45) is 8.89. The lowest BCUT2D eigenvalue weighted by Gasteiger charge is -2.21. The molecule has 3 nitrogen and oxygen atoms in total. The van der Waals surface area contributed by atoms with E-state index in [1.807, 2.05) is 36.4 Å². The molecule has 2 atom stereocenters. The van der Waals surface area contributed by atoms with Gasteiger partial charge in [-0.05, 0) is 12.1 Å². The molecule has 1 aliphatic carbocycles. The number of carbonyl (C=O) groups excluding carboxylic acids is 1. The second-order valence-electron chi connectivity index (χ2n) is 4.10. The van der Waals surface area contributed by atoms with E-state index in [1.54, 1.807) is 6.07 Å². The molecule has 0 saturated carbocycles. The third-order valence-electron chi connectivity index (χ3n) is 2.91. The largest absolute Gasteiger partial charge is 0.384 e. The van der Waals surface area contributed by atoms with E-state index in [9.17, 15) is 4.79 Å². The Labute approximate surface area is 101 Å². The van der Waals surface area contributed by atoms with Crippen LogP contribution in [0.25, 0.3) is 0 Å². The predicted octanol–water partition coefficient (Wildman–Crippen LogP) is 1.98. The number of hydrogen-bond donors (Lipinski definition) is 2. The van der Waals surface area contributed by atoms with Crippen LogP contribution in [0.15, 0.2) is 48.6 Å². The molecule has 1 aromatic carbocycles. The molecule has 0 aromatic heterocycles. The molecular weight excluding hydrogens is 212 g/mol. The Bertz CT molecular complexity index is 451. The van der Waals surface area contributed by atoms with Gasteiger partial charge in [-0.15, -0.1) is 0 Å². The number of hydrogen-bond acceptors (Lipinski definition) is 3. The number of benzene rings is 1. The van der Waals surface area contributed by atoms with Crippen molar-refractivity contribution < 1.29 is 4.79 Å². The average Bonchev–Trinajstić information content (AvgIpc) is 2.38. The van der Waals surface area contributed by atoms with Crippen LogP contribution in [-0.4, -0.2) is 18.9 Å². The van der Waals surface area contributed by atoms with Crippen LogP contribution in [0.5, 0.6) is 0 Å². The van der Waals surface area contributed by atoms with E-state index in [1.165, 1.54) is 0 Å². The summed E-state index contributed by atoms with van der Waals surface area (Å²) in [4.78, 5) is 10.9. The topological polar surface area (TPSA) is 55.1 Å². The Hall–Kier alpha value is -1.87. The molecule has 0 radical (unpaired) electrons. The van der Waals surface area contributed by atoms with Gasteiger partial charge in [-0.2, -0.15) is 0 Å². The number of allylic oxidation sites excluding steroid dienone is 2. The maximum absolute atomic E-state index is 10.9. The van der Waals surface area contributed by atoms with Crippen molar-refractivity contribution in [3.63, 3.8) is 0 Å². The number of carbonyl (C=O) groups is 1. The Kier molecular flexibility index (Phi) is 3.73. The summed E-state index contributed by atoms with van der Waals surface area (Å²) in [7, 11) is 0. The molecule has 3 N–H and O–H groups in total. The average molecular weight is 228 g/mol. The Morgan fingerprint density at radius 2 is 2.00 bits per heavy atom. The van der Waals surface area contributed by atoms with Gasteiger partial charge in [-0.25, -0.2) is 0 Å². The van der Waals surface area contributed by atoms with Gasteiger partial charge >= 0.3 is 0 Å². The minimum Gasteiger partial charge on any atom is -0.384 e. The van der Waals surface area contributed by atoms with Gasteiger partial charge in [-0.1, -0.05) is 36.4 Å². The van der Waals surface area contributed by atoms with Crippen molar-refractivity contribution in [2.24, 2.45) is 11.7 Å². The van der Waals surface area contributed by atoms with Crippen LogP contribution >= 0.6 is 0 Å². The molecule has 0 saturated heterocycles. The van der Waals surface area contributed by atoms with Crippen molar-refractivity contribution in [2.75, 3.05) is 11.9 Å². The van der Waals surface area contributed by atoms with Gasteiger partial charge in [0.15, 0.2) is 6.29 Å². The van der Waals surface area contributed by atoms with Crippen LogP contribution in [0.4, 0.5) is 5.69 Å². The summed E-state index contributed by atoms with van der Waals surface area (Å²) >= 11 is 0. The van der Waals surface area contributed by atoms with E-state index in [-0.39, 0.29) is 12.0 Å². The van der Waals surface area contributed by atoms with Crippen molar-refractivity contribution in [2.45, 2.75) is 6.04 Å². The monoisotopic (exact) mass is 228 g/mol. The minimum atomic E-state index is 0.0379. The van der Waals surface area contributed by atoms with E-state index < -0.39 is 0 Å². The summed E-state index contributed by atoms with van der Waals surface area (Å²) in [5.74, 6) is 0.264. The zero-order valence-corrected chi connectivity index (χ0v) is 9.54. The van der Waals surface area contributed by atoms with Gasteiger partial charge in [0.2, 0.25) is 0 Å². The maximum atomic E-state index is 10.9. The molecule has 0 amide bonds. The molecule has 17 heavy (non-hydrogen) atoms. The first-order valence-corrected chi connectivity index (χ1v) is 5.70. The molecular formula is C14H16N2O. The van der Waals surface area contributed by atoms with E-state index in [0.29, 0.717) is 5.56 Å². The summed E-state index contributed by atoms with van der Waals surface area (Å²) in [6, 6.07) is 7.50. The van der Waals surface area contributed by atoms with Crippen LogP contribution in [0.2, 0.25) is 0 Å². The first-order chi connectivity index (χ1) is 8.31. The maximum Gasteiger partial charge on any atom is 0.152 e. The molecule has 2 unspecified atom stereocenters. The van der Waals surface area contributed by atoms with Crippen LogP contribution in [0.3, 0.4) is 0 Å². The fraction of sp³-hybridized carbons (Fsp3) is 0.214. The lowest BCUT2D eigenvalue weighted by atomic mass is 9.96. The third-order valence-corrected chi connectivity index (χ3v) is 2.91. The van der Waals surface area contributed by atoms with E-state index in [4.69, 9.17) is 5.73 Å². The van der Waals surface area contributed by atoms with Crippen molar-refractivity contribution >= 4 is 12.0 Å². The highest BCUT2D eigenvalue weighted by Crippen LogP contribution is 2.16. The number of para-hydroxylation sites is 1. The lowest BCUT2D eigenvalue weighted by molar-refractivity contribution is 0.112. The van der Waals surface area contributed by atoms with Crippen LogP contribution < -0.4 is 11.1 Å². The Morgan fingerprint density at radius 3 is 2.76 bits per heavy atom.